The normalized spacial score (nSPS) is 18.8. The number of amides is 1. The summed E-state index contributed by atoms with van der Waals surface area (Å²) in [7, 11) is 0. The Hall–Kier alpha value is -1.46. The Labute approximate surface area is 138 Å². The Morgan fingerprint density at radius 1 is 1.32 bits per heavy atom. The summed E-state index contributed by atoms with van der Waals surface area (Å²) in [6.07, 6.45) is 3.07. The van der Waals surface area contributed by atoms with Crippen molar-refractivity contribution in [3.05, 3.63) is 41.1 Å². The van der Waals surface area contributed by atoms with Gasteiger partial charge < -0.3 is 9.84 Å². The summed E-state index contributed by atoms with van der Waals surface area (Å²) < 4.78 is 5.37. The SMILES string of the molecule is O=C1NCCCCC1SCc1cc(-c2ccc(Cl)cc2)no1. The summed E-state index contributed by atoms with van der Waals surface area (Å²) in [6, 6.07) is 9.41. The summed E-state index contributed by atoms with van der Waals surface area (Å²) in [5, 5.41) is 7.74. The number of aromatic nitrogens is 1. The molecule has 0 radical (unpaired) electrons. The van der Waals surface area contributed by atoms with Gasteiger partial charge in [-0.2, -0.15) is 0 Å². The van der Waals surface area contributed by atoms with E-state index in [0.29, 0.717) is 10.8 Å². The van der Waals surface area contributed by atoms with Gasteiger partial charge in [-0.3, -0.25) is 4.79 Å². The lowest BCUT2D eigenvalue weighted by molar-refractivity contribution is -0.120. The van der Waals surface area contributed by atoms with E-state index in [1.807, 2.05) is 30.3 Å². The van der Waals surface area contributed by atoms with Crippen molar-refractivity contribution in [2.45, 2.75) is 30.3 Å². The standard InChI is InChI=1S/C16H17ClN2O2S/c17-12-6-4-11(5-7-12)14-9-13(21-19-14)10-22-15-3-1-2-8-18-16(15)20/h4-7,9,15H,1-3,8,10H2,(H,18,20). The topological polar surface area (TPSA) is 55.1 Å². The van der Waals surface area contributed by atoms with Crippen LogP contribution in [0, 0.1) is 0 Å². The van der Waals surface area contributed by atoms with E-state index in [9.17, 15) is 4.79 Å². The number of carbonyl (C=O) groups excluding carboxylic acids is 1. The highest BCUT2D eigenvalue weighted by Gasteiger charge is 2.21. The molecule has 1 aromatic carbocycles. The minimum atomic E-state index is 0.00609. The van der Waals surface area contributed by atoms with Crippen molar-refractivity contribution in [1.29, 1.82) is 0 Å². The molecule has 1 aliphatic heterocycles. The van der Waals surface area contributed by atoms with Crippen LogP contribution in [-0.4, -0.2) is 22.9 Å². The molecule has 1 atom stereocenters. The van der Waals surface area contributed by atoms with Gasteiger partial charge in [0.25, 0.3) is 0 Å². The van der Waals surface area contributed by atoms with E-state index in [1.54, 1.807) is 11.8 Å². The molecular weight excluding hydrogens is 320 g/mol. The van der Waals surface area contributed by atoms with Crippen LogP contribution < -0.4 is 5.32 Å². The molecule has 1 saturated heterocycles. The van der Waals surface area contributed by atoms with Gasteiger partial charge in [0, 0.05) is 23.2 Å². The molecule has 116 valence electrons. The third-order valence-electron chi connectivity index (χ3n) is 3.61. The van der Waals surface area contributed by atoms with E-state index in [2.05, 4.69) is 10.5 Å². The molecule has 0 aliphatic carbocycles. The summed E-state index contributed by atoms with van der Waals surface area (Å²) in [5.41, 5.74) is 1.76. The molecule has 0 spiro atoms. The maximum Gasteiger partial charge on any atom is 0.233 e. The fraction of sp³-hybridized carbons (Fsp3) is 0.375. The van der Waals surface area contributed by atoms with Gasteiger partial charge in [0.2, 0.25) is 5.91 Å². The number of halogens is 1. The maximum atomic E-state index is 11.9. The van der Waals surface area contributed by atoms with Crippen molar-refractivity contribution in [2.24, 2.45) is 0 Å². The second-order valence-corrected chi connectivity index (χ2v) is 6.90. The van der Waals surface area contributed by atoms with Crippen LogP contribution in [0.3, 0.4) is 0 Å². The lowest BCUT2D eigenvalue weighted by Crippen LogP contribution is -2.30. The molecule has 22 heavy (non-hydrogen) atoms. The van der Waals surface area contributed by atoms with E-state index >= 15 is 0 Å². The van der Waals surface area contributed by atoms with Crippen LogP contribution in [-0.2, 0) is 10.5 Å². The van der Waals surface area contributed by atoms with Crippen LogP contribution in [0.1, 0.15) is 25.0 Å². The average Bonchev–Trinajstić information content (AvgIpc) is 2.90. The molecule has 1 aromatic heterocycles. The first-order chi connectivity index (χ1) is 10.7. The fourth-order valence-electron chi connectivity index (χ4n) is 2.39. The van der Waals surface area contributed by atoms with Gasteiger partial charge in [-0.05, 0) is 25.0 Å². The molecular formula is C16H17ClN2O2S. The molecule has 4 nitrogen and oxygen atoms in total. The zero-order chi connectivity index (χ0) is 15.4. The van der Waals surface area contributed by atoms with Gasteiger partial charge in [0.15, 0.2) is 0 Å². The van der Waals surface area contributed by atoms with Crippen LogP contribution in [0.2, 0.25) is 5.02 Å². The zero-order valence-corrected chi connectivity index (χ0v) is 13.6. The van der Waals surface area contributed by atoms with E-state index in [4.69, 9.17) is 16.1 Å². The number of hydrogen-bond acceptors (Lipinski definition) is 4. The van der Waals surface area contributed by atoms with Crippen molar-refractivity contribution >= 4 is 29.3 Å². The average molecular weight is 337 g/mol. The Balaban J connectivity index is 1.62. The van der Waals surface area contributed by atoms with E-state index < -0.39 is 0 Å². The van der Waals surface area contributed by atoms with E-state index in [1.165, 1.54) is 0 Å². The molecule has 3 rings (SSSR count). The van der Waals surface area contributed by atoms with Crippen molar-refractivity contribution in [1.82, 2.24) is 10.5 Å². The summed E-state index contributed by atoms with van der Waals surface area (Å²) in [4.78, 5) is 11.9. The predicted molar refractivity (Wildman–Crippen MR) is 88.9 cm³/mol. The first-order valence-electron chi connectivity index (χ1n) is 7.33. The highest BCUT2D eigenvalue weighted by atomic mass is 35.5. The highest BCUT2D eigenvalue weighted by Crippen LogP contribution is 2.27. The number of nitrogens with zero attached hydrogens (tertiary/aromatic N) is 1. The van der Waals surface area contributed by atoms with Crippen LogP contribution in [0.25, 0.3) is 11.3 Å². The van der Waals surface area contributed by atoms with Gasteiger partial charge >= 0.3 is 0 Å². The molecule has 1 unspecified atom stereocenters. The Morgan fingerprint density at radius 3 is 2.95 bits per heavy atom. The second kappa shape index (κ2) is 7.20. The van der Waals surface area contributed by atoms with Gasteiger partial charge in [0.1, 0.15) is 11.5 Å². The van der Waals surface area contributed by atoms with Gasteiger partial charge in [0.05, 0.1) is 11.0 Å². The van der Waals surface area contributed by atoms with Crippen molar-refractivity contribution in [3.63, 3.8) is 0 Å². The van der Waals surface area contributed by atoms with Crippen LogP contribution in [0.5, 0.6) is 0 Å². The number of rotatable bonds is 4. The first kappa shape index (κ1) is 15.4. The molecule has 2 heterocycles. The Kier molecular flexibility index (Phi) is 5.05. The second-order valence-electron chi connectivity index (χ2n) is 5.27. The lowest BCUT2D eigenvalue weighted by Gasteiger charge is -2.10. The number of carbonyl (C=O) groups is 1. The minimum Gasteiger partial charge on any atom is -0.360 e. The number of nitrogens with one attached hydrogen (secondary N) is 1. The Morgan fingerprint density at radius 2 is 2.14 bits per heavy atom. The number of benzene rings is 1. The van der Waals surface area contributed by atoms with Crippen molar-refractivity contribution < 1.29 is 9.32 Å². The molecule has 1 N–H and O–H groups in total. The molecule has 1 aliphatic rings. The fourth-order valence-corrected chi connectivity index (χ4v) is 3.59. The highest BCUT2D eigenvalue weighted by molar-refractivity contribution is 7.99. The summed E-state index contributed by atoms with van der Waals surface area (Å²) in [6.45, 7) is 0.791. The first-order valence-corrected chi connectivity index (χ1v) is 8.76. The van der Waals surface area contributed by atoms with Crippen molar-refractivity contribution in [2.75, 3.05) is 6.54 Å². The lowest BCUT2D eigenvalue weighted by atomic mass is 10.1. The van der Waals surface area contributed by atoms with Crippen LogP contribution in [0.4, 0.5) is 0 Å². The molecule has 1 fully saturated rings. The van der Waals surface area contributed by atoms with Gasteiger partial charge in [-0.15, -0.1) is 11.8 Å². The summed E-state index contributed by atoms with van der Waals surface area (Å²) >= 11 is 7.50. The quantitative estimate of drug-likeness (QED) is 0.920. The molecule has 1 amide bonds. The Bertz CT molecular complexity index is 642. The smallest absolute Gasteiger partial charge is 0.233 e. The maximum absolute atomic E-state index is 11.9. The minimum absolute atomic E-state index is 0.00609. The van der Waals surface area contributed by atoms with Crippen LogP contribution >= 0.6 is 23.4 Å². The zero-order valence-electron chi connectivity index (χ0n) is 12.0. The van der Waals surface area contributed by atoms with Crippen LogP contribution in [0.15, 0.2) is 34.9 Å². The number of thioether (sulfide) groups is 1. The molecule has 6 heteroatoms. The molecule has 2 aromatic rings. The monoisotopic (exact) mass is 336 g/mol. The largest absolute Gasteiger partial charge is 0.360 e. The van der Waals surface area contributed by atoms with E-state index in [0.717, 1.165) is 42.8 Å². The van der Waals surface area contributed by atoms with Crippen molar-refractivity contribution in [3.8, 4) is 11.3 Å². The third-order valence-corrected chi connectivity index (χ3v) is 5.17. The molecule has 0 saturated carbocycles. The predicted octanol–water partition coefficient (Wildman–Crippen LogP) is 3.90. The van der Waals surface area contributed by atoms with E-state index in [-0.39, 0.29) is 11.2 Å². The van der Waals surface area contributed by atoms with Gasteiger partial charge in [-0.1, -0.05) is 35.3 Å². The third kappa shape index (κ3) is 3.84. The van der Waals surface area contributed by atoms with Gasteiger partial charge in [-0.25, -0.2) is 0 Å². The molecule has 0 bridgehead atoms. The summed E-state index contributed by atoms with van der Waals surface area (Å²) in [5.74, 6) is 1.57. The number of hydrogen-bond donors (Lipinski definition) is 1.